The summed E-state index contributed by atoms with van der Waals surface area (Å²) in [5, 5.41) is 0. The van der Waals surface area contributed by atoms with Gasteiger partial charge in [0.2, 0.25) is 0 Å². The zero-order valence-corrected chi connectivity index (χ0v) is 23.8. The molecule has 0 fully saturated rings. The number of benzene rings is 3. The predicted molar refractivity (Wildman–Crippen MR) is 156 cm³/mol. The summed E-state index contributed by atoms with van der Waals surface area (Å²) in [4.78, 5) is 0. The number of hydrogen-bond acceptors (Lipinski definition) is 0. The largest absolute Gasteiger partial charge is 1.00 e. The molecule has 3 aromatic rings. The summed E-state index contributed by atoms with van der Waals surface area (Å²) in [5.74, 6) is 0. The van der Waals surface area contributed by atoms with E-state index in [9.17, 15) is 0 Å². The molecule has 0 saturated heterocycles. The summed E-state index contributed by atoms with van der Waals surface area (Å²) in [6, 6.07) is 33.6. The number of rotatable bonds is 19. The van der Waals surface area contributed by atoms with E-state index in [2.05, 4.69) is 96.7 Å². The van der Waals surface area contributed by atoms with Gasteiger partial charge < -0.3 is 18.1 Å². The molecular formula is C35H50ClN. The van der Waals surface area contributed by atoms with E-state index in [0.717, 1.165) is 25.8 Å². The van der Waals surface area contributed by atoms with Crippen LogP contribution in [-0.2, 0) is 19.3 Å². The minimum atomic E-state index is 0. The maximum atomic E-state index is 3.95. The lowest BCUT2D eigenvalue weighted by atomic mass is 9.69. The predicted octanol–water partition coefficient (Wildman–Crippen LogP) is 5.63. The van der Waals surface area contributed by atoms with Crippen LogP contribution in [0.15, 0.2) is 91.0 Å². The third-order valence-electron chi connectivity index (χ3n) is 7.72. The van der Waals surface area contributed by atoms with Crippen LogP contribution in [0.2, 0.25) is 0 Å². The highest BCUT2D eigenvalue weighted by Gasteiger charge is 2.30. The lowest BCUT2D eigenvalue weighted by Crippen LogP contribution is -3.00. The van der Waals surface area contributed by atoms with Crippen molar-refractivity contribution >= 4 is 0 Å². The molecule has 0 unspecified atom stereocenters. The van der Waals surface area contributed by atoms with Gasteiger partial charge in [0.15, 0.2) is 0 Å². The average molecular weight is 520 g/mol. The highest BCUT2D eigenvalue weighted by atomic mass is 35.5. The van der Waals surface area contributed by atoms with Crippen molar-refractivity contribution in [2.45, 2.75) is 96.3 Å². The molecule has 0 aromatic heterocycles. The molecule has 0 aliphatic heterocycles. The Morgan fingerprint density at radius 3 is 1.03 bits per heavy atom. The quantitative estimate of drug-likeness (QED) is 0.199. The Balaban J connectivity index is 0.00000481. The third kappa shape index (κ3) is 12.8. The van der Waals surface area contributed by atoms with Crippen LogP contribution >= 0.6 is 0 Å². The Morgan fingerprint density at radius 1 is 0.405 bits per heavy atom. The van der Waals surface area contributed by atoms with E-state index in [1.165, 1.54) is 93.7 Å². The van der Waals surface area contributed by atoms with Gasteiger partial charge in [0, 0.05) is 0 Å². The van der Waals surface area contributed by atoms with Crippen LogP contribution in [-0.4, -0.2) is 6.54 Å². The van der Waals surface area contributed by atoms with Gasteiger partial charge in [0.25, 0.3) is 0 Å². The van der Waals surface area contributed by atoms with Crippen molar-refractivity contribution in [3.8, 4) is 0 Å². The highest BCUT2D eigenvalue weighted by Crippen LogP contribution is 2.37. The van der Waals surface area contributed by atoms with Gasteiger partial charge in [0.05, 0.1) is 6.54 Å². The number of hydrogen-bond donors (Lipinski definition) is 1. The van der Waals surface area contributed by atoms with Crippen molar-refractivity contribution in [2.24, 2.45) is 5.41 Å². The minimum absolute atomic E-state index is 0. The molecule has 0 amide bonds. The molecule has 3 rings (SSSR count). The van der Waals surface area contributed by atoms with E-state index in [4.69, 9.17) is 0 Å². The van der Waals surface area contributed by atoms with Gasteiger partial charge in [-0.25, -0.2) is 0 Å². The first-order chi connectivity index (χ1) is 17.8. The zero-order chi connectivity index (χ0) is 25.2. The summed E-state index contributed by atoms with van der Waals surface area (Å²) >= 11 is 0. The summed E-state index contributed by atoms with van der Waals surface area (Å²) in [5.41, 5.74) is 8.61. The number of halogens is 1. The molecule has 0 bridgehead atoms. The van der Waals surface area contributed by atoms with Crippen LogP contribution in [0.5, 0.6) is 0 Å². The van der Waals surface area contributed by atoms with E-state index in [0.29, 0.717) is 0 Å². The monoisotopic (exact) mass is 519 g/mol. The first-order valence-corrected chi connectivity index (χ1v) is 14.7. The molecule has 0 spiro atoms. The fraction of sp³-hybridized carbons (Fsp3) is 0.486. The fourth-order valence-corrected chi connectivity index (χ4v) is 5.81. The molecule has 37 heavy (non-hydrogen) atoms. The molecule has 1 nitrogen and oxygen atoms in total. The highest BCUT2D eigenvalue weighted by molar-refractivity contribution is 5.24. The van der Waals surface area contributed by atoms with Gasteiger partial charge in [-0.2, -0.15) is 0 Å². The minimum Gasteiger partial charge on any atom is -1.00 e. The van der Waals surface area contributed by atoms with Gasteiger partial charge in [-0.05, 0) is 60.6 Å². The third-order valence-corrected chi connectivity index (χ3v) is 7.72. The maximum Gasteiger partial charge on any atom is 0.0739 e. The zero-order valence-electron chi connectivity index (χ0n) is 23.1. The van der Waals surface area contributed by atoms with Gasteiger partial charge in [0.1, 0.15) is 0 Å². The molecule has 0 saturated carbocycles. The standard InChI is InChI=1S/C35H49N.ClH/c36-28-20-9-7-5-3-1-2-4-6-8-19-27-35(29-32-21-13-10-14-22-32,30-33-23-15-11-16-24-33)31-34-25-17-12-18-26-34;/h10-18,21-26H,1-9,19-20,27-31,36H2;1H. The van der Waals surface area contributed by atoms with Crippen LogP contribution in [0.1, 0.15) is 93.7 Å². The first-order valence-electron chi connectivity index (χ1n) is 14.7. The van der Waals surface area contributed by atoms with Crippen LogP contribution in [0.3, 0.4) is 0 Å². The van der Waals surface area contributed by atoms with Gasteiger partial charge in [-0.15, -0.1) is 0 Å². The summed E-state index contributed by atoms with van der Waals surface area (Å²) in [7, 11) is 0. The molecule has 3 N–H and O–H groups in total. The van der Waals surface area contributed by atoms with E-state index in [-0.39, 0.29) is 17.8 Å². The van der Waals surface area contributed by atoms with E-state index in [1.54, 1.807) is 0 Å². The summed E-state index contributed by atoms with van der Waals surface area (Å²) < 4.78 is 0. The topological polar surface area (TPSA) is 27.6 Å². The van der Waals surface area contributed by atoms with E-state index in [1.807, 2.05) is 0 Å². The van der Waals surface area contributed by atoms with Gasteiger partial charge >= 0.3 is 0 Å². The summed E-state index contributed by atoms with van der Waals surface area (Å²) in [6.07, 6.45) is 20.0. The lowest BCUT2D eigenvalue weighted by molar-refractivity contribution is -0.368. The Kier molecular flexibility index (Phi) is 16.0. The van der Waals surface area contributed by atoms with Crippen molar-refractivity contribution in [1.29, 1.82) is 0 Å². The SMILES string of the molecule is [Cl-].[NH3+]CCCCCCCCCCCCCC(Cc1ccccc1)(Cc1ccccc1)Cc1ccccc1. The van der Waals surface area contributed by atoms with Crippen LogP contribution in [0.4, 0.5) is 0 Å². The Hall–Kier alpha value is -2.09. The van der Waals surface area contributed by atoms with Crippen molar-refractivity contribution < 1.29 is 18.1 Å². The van der Waals surface area contributed by atoms with Gasteiger partial charge in [-0.1, -0.05) is 149 Å². The second-order valence-electron chi connectivity index (χ2n) is 11.0. The van der Waals surface area contributed by atoms with Crippen LogP contribution in [0.25, 0.3) is 0 Å². The van der Waals surface area contributed by atoms with Crippen molar-refractivity contribution in [1.82, 2.24) is 0 Å². The van der Waals surface area contributed by atoms with Crippen molar-refractivity contribution in [2.75, 3.05) is 6.54 Å². The van der Waals surface area contributed by atoms with Crippen molar-refractivity contribution in [3.63, 3.8) is 0 Å². The first kappa shape index (κ1) is 31.1. The second-order valence-corrected chi connectivity index (χ2v) is 11.0. The van der Waals surface area contributed by atoms with E-state index < -0.39 is 0 Å². The number of unbranched alkanes of at least 4 members (excludes halogenated alkanes) is 10. The normalized spacial score (nSPS) is 11.3. The second kappa shape index (κ2) is 19.0. The van der Waals surface area contributed by atoms with Gasteiger partial charge in [-0.3, -0.25) is 0 Å². The maximum absolute atomic E-state index is 3.95. The van der Waals surface area contributed by atoms with E-state index >= 15 is 0 Å². The molecule has 0 heterocycles. The number of quaternary nitrogens is 1. The molecular weight excluding hydrogens is 470 g/mol. The van der Waals surface area contributed by atoms with Crippen LogP contribution in [0, 0.1) is 5.41 Å². The molecule has 3 aromatic carbocycles. The Bertz CT molecular complexity index is 808. The van der Waals surface area contributed by atoms with Crippen LogP contribution < -0.4 is 18.1 Å². The Morgan fingerprint density at radius 2 is 0.703 bits per heavy atom. The lowest BCUT2D eigenvalue weighted by Gasteiger charge is -2.35. The molecule has 0 radical (unpaired) electrons. The smallest absolute Gasteiger partial charge is 0.0739 e. The molecule has 2 heteroatoms. The molecule has 202 valence electrons. The molecule has 0 aliphatic carbocycles. The Labute approximate surface area is 233 Å². The molecule has 0 aliphatic rings. The fourth-order valence-electron chi connectivity index (χ4n) is 5.81. The van der Waals surface area contributed by atoms with Crippen molar-refractivity contribution in [3.05, 3.63) is 108 Å². The molecule has 0 atom stereocenters. The average Bonchev–Trinajstić information content (AvgIpc) is 2.91. The summed E-state index contributed by atoms with van der Waals surface area (Å²) in [6.45, 7) is 1.10.